The maximum atomic E-state index is 3.38. The smallest absolute Gasteiger partial charge is 0.00796 e. The molecule has 0 saturated heterocycles. The van der Waals surface area contributed by atoms with Gasteiger partial charge in [-0.2, -0.15) is 0 Å². The van der Waals surface area contributed by atoms with Crippen molar-refractivity contribution in [3.8, 4) is 0 Å². The number of aryl methyl sites for hydroxylation is 1. The molecular formula is C6H7BrS. The van der Waals surface area contributed by atoms with Gasteiger partial charge in [0, 0.05) is 10.2 Å². The van der Waals surface area contributed by atoms with Gasteiger partial charge in [0.1, 0.15) is 0 Å². The Morgan fingerprint density at radius 1 is 1.62 bits per heavy atom. The zero-order valence-corrected chi connectivity index (χ0v) is 6.83. The van der Waals surface area contributed by atoms with Crippen LogP contribution in [-0.4, -0.2) is 5.33 Å². The third-order valence-electron chi connectivity index (χ3n) is 0.921. The molecule has 2 heteroatoms. The lowest BCUT2D eigenvalue weighted by Crippen LogP contribution is -1.76. The van der Waals surface area contributed by atoms with Gasteiger partial charge in [-0.3, -0.25) is 0 Å². The highest BCUT2D eigenvalue weighted by Gasteiger charge is 1.87. The van der Waals surface area contributed by atoms with E-state index in [1.165, 1.54) is 4.88 Å². The lowest BCUT2D eigenvalue weighted by atomic mass is 10.4. The van der Waals surface area contributed by atoms with Gasteiger partial charge in [-0.25, -0.2) is 0 Å². The highest BCUT2D eigenvalue weighted by atomic mass is 79.9. The quantitative estimate of drug-likeness (QED) is 0.630. The summed E-state index contributed by atoms with van der Waals surface area (Å²) in [6, 6.07) is 4.24. The summed E-state index contributed by atoms with van der Waals surface area (Å²) in [5, 5.41) is 3.19. The van der Waals surface area contributed by atoms with Crippen LogP contribution in [0.5, 0.6) is 0 Å². The van der Waals surface area contributed by atoms with E-state index in [9.17, 15) is 0 Å². The summed E-state index contributed by atoms with van der Waals surface area (Å²) in [4.78, 5) is 1.46. The zero-order chi connectivity index (χ0) is 5.82. The van der Waals surface area contributed by atoms with Crippen molar-refractivity contribution in [3.05, 3.63) is 22.4 Å². The molecule has 1 rings (SSSR count). The van der Waals surface area contributed by atoms with Crippen LogP contribution in [0.25, 0.3) is 0 Å². The van der Waals surface area contributed by atoms with Gasteiger partial charge >= 0.3 is 0 Å². The molecule has 0 bridgehead atoms. The molecule has 0 aliphatic carbocycles. The molecule has 1 heterocycles. The number of hydrogen-bond acceptors (Lipinski definition) is 1. The van der Waals surface area contributed by atoms with Gasteiger partial charge in [-0.05, 0) is 17.9 Å². The Balaban J connectivity index is 2.50. The molecule has 0 saturated carbocycles. The summed E-state index contributed by atoms with van der Waals surface area (Å²) in [5.74, 6) is 0. The van der Waals surface area contributed by atoms with E-state index in [2.05, 4.69) is 33.4 Å². The lowest BCUT2D eigenvalue weighted by Gasteiger charge is -1.84. The molecule has 0 N–H and O–H groups in total. The molecular weight excluding hydrogens is 184 g/mol. The second-order valence-corrected chi connectivity index (χ2v) is 3.34. The Morgan fingerprint density at radius 2 is 2.50 bits per heavy atom. The maximum Gasteiger partial charge on any atom is 0.00796 e. The Kier molecular flexibility index (Phi) is 2.56. The van der Waals surface area contributed by atoms with Crippen LogP contribution >= 0.6 is 27.3 Å². The van der Waals surface area contributed by atoms with E-state index in [4.69, 9.17) is 0 Å². The first-order chi connectivity index (χ1) is 3.93. The first-order valence-electron chi connectivity index (χ1n) is 2.52. The van der Waals surface area contributed by atoms with Crippen molar-refractivity contribution >= 4 is 27.3 Å². The molecule has 0 unspecified atom stereocenters. The molecule has 1 aromatic rings. The standard InChI is InChI=1S/C6H7BrS/c7-4-3-6-2-1-5-8-6/h1-2,5H,3-4H2. The van der Waals surface area contributed by atoms with Gasteiger partial charge in [0.15, 0.2) is 0 Å². The van der Waals surface area contributed by atoms with Gasteiger partial charge in [0.25, 0.3) is 0 Å². The molecule has 1 aromatic heterocycles. The van der Waals surface area contributed by atoms with Gasteiger partial charge in [0.05, 0.1) is 0 Å². The number of rotatable bonds is 2. The minimum absolute atomic E-state index is 1.08. The van der Waals surface area contributed by atoms with E-state index >= 15 is 0 Å². The minimum atomic E-state index is 1.08. The van der Waals surface area contributed by atoms with Crippen LogP contribution < -0.4 is 0 Å². The fourth-order valence-electron chi connectivity index (χ4n) is 0.548. The van der Waals surface area contributed by atoms with Crippen molar-refractivity contribution in [1.29, 1.82) is 0 Å². The first kappa shape index (κ1) is 6.30. The van der Waals surface area contributed by atoms with Crippen molar-refractivity contribution in [2.45, 2.75) is 6.42 Å². The number of alkyl halides is 1. The molecule has 0 amide bonds. The van der Waals surface area contributed by atoms with Crippen LogP contribution in [0, 0.1) is 0 Å². The topological polar surface area (TPSA) is 0 Å². The summed E-state index contributed by atoms with van der Waals surface area (Å²) < 4.78 is 0. The van der Waals surface area contributed by atoms with E-state index in [0.717, 1.165) is 11.8 Å². The molecule has 0 atom stereocenters. The van der Waals surface area contributed by atoms with E-state index in [1.54, 1.807) is 0 Å². The highest BCUT2D eigenvalue weighted by molar-refractivity contribution is 9.09. The van der Waals surface area contributed by atoms with Crippen molar-refractivity contribution in [1.82, 2.24) is 0 Å². The van der Waals surface area contributed by atoms with Crippen LogP contribution in [-0.2, 0) is 6.42 Å². The number of hydrogen-bond donors (Lipinski definition) is 0. The third-order valence-corrected chi connectivity index (χ3v) is 2.25. The van der Waals surface area contributed by atoms with Crippen molar-refractivity contribution < 1.29 is 0 Å². The average molecular weight is 191 g/mol. The van der Waals surface area contributed by atoms with Gasteiger partial charge in [-0.1, -0.05) is 22.0 Å². The predicted octanol–water partition coefficient (Wildman–Crippen LogP) is 2.69. The Hall–Kier alpha value is 0.180. The Morgan fingerprint density at radius 3 is 3.00 bits per heavy atom. The molecule has 44 valence electrons. The monoisotopic (exact) mass is 190 g/mol. The zero-order valence-electron chi connectivity index (χ0n) is 4.43. The Labute approximate surface area is 61.7 Å². The molecule has 0 spiro atoms. The van der Waals surface area contributed by atoms with Gasteiger partial charge < -0.3 is 0 Å². The average Bonchev–Trinajstić information content (AvgIpc) is 2.19. The summed E-state index contributed by atoms with van der Waals surface area (Å²) in [7, 11) is 0. The van der Waals surface area contributed by atoms with E-state index < -0.39 is 0 Å². The number of thiophene rings is 1. The van der Waals surface area contributed by atoms with E-state index in [-0.39, 0.29) is 0 Å². The predicted molar refractivity (Wildman–Crippen MR) is 41.8 cm³/mol. The molecule has 0 radical (unpaired) electrons. The largest absolute Gasteiger partial charge is 0.149 e. The number of halogens is 1. The molecule has 8 heavy (non-hydrogen) atoms. The van der Waals surface area contributed by atoms with E-state index in [0.29, 0.717) is 0 Å². The van der Waals surface area contributed by atoms with Crippen LogP contribution in [0.1, 0.15) is 4.88 Å². The van der Waals surface area contributed by atoms with Crippen LogP contribution in [0.2, 0.25) is 0 Å². The molecule has 0 aliphatic heterocycles. The normalized spacial score (nSPS) is 9.62. The van der Waals surface area contributed by atoms with Crippen LogP contribution in [0.15, 0.2) is 17.5 Å². The molecule has 0 aromatic carbocycles. The van der Waals surface area contributed by atoms with Crippen LogP contribution in [0.4, 0.5) is 0 Å². The van der Waals surface area contributed by atoms with Crippen molar-refractivity contribution in [2.75, 3.05) is 5.33 Å². The molecule has 0 fully saturated rings. The molecule has 0 aliphatic rings. The fraction of sp³-hybridized carbons (Fsp3) is 0.333. The fourth-order valence-corrected chi connectivity index (χ4v) is 1.95. The van der Waals surface area contributed by atoms with Crippen LogP contribution in [0.3, 0.4) is 0 Å². The third kappa shape index (κ3) is 1.60. The second kappa shape index (κ2) is 3.25. The van der Waals surface area contributed by atoms with Crippen molar-refractivity contribution in [2.24, 2.45) is 0 Å². The van der Waals surface area contributed by atoms with Crippen molar-refractivity contribution in [3.63, 3.8) is 0 Å². The Bertz CT molecular complexity index is 134. The summed E-state index contributed by atoms with van der Waals surface area (Å²) in [5.41, 5.74) is 0. The van der Waals surface area contributed by atoms with E-state index in [1.807, 2.05) is 11.3 Å². The maximum absolute atomic E-state index is 3.38. The lowest BCUT2D eigenvalue weighted by molar-refractivity contribution is 1.22. The highest BCUT2D eigenvalue weighted by Crippen LogP contribution is 2.09. The molecule has 0 nitrogen and oxygen atoms in total. The summed E-state index contributed by atoms with van der Waals surface area (Å²) in [6.07, 6.45) is 1.16. The first-order valence-corrected chi connectivity index (χ1v) is 4.52. The van der Waals surface area contributed by atoms with Gasteiger partial charge in [-0.15, -0.1) is 11.3 Å². The van der Waals surface area contributed by atoms with Gasteiger partial charge in [0.2, 0.25) is 0 Å². The SMILES string of the molecule is BrCCc1cccs1. The summed E-state index contributed by atoms with van der Waals surface area (Å²) >= 11 is 5.19. The second-order valence-electron chi connectivity index (χ2n) is 1.52. The summed E-state index contributed by atoms with van der Waals surface area (Å²) in [6.45, 7) is 0. The minimum Gasteiger partial charge on any atom is -0.149 e.